The van der Waals surface area contributed by atoms with Gasteiger partial charge in [-0.3, -0.25) is 19.2 Å². The number of benzene rings is 1. The lowest BCUT2D eigenvalue weighted by Gasteiger charge is -2.56. The number of fused-ring (bicyclic) bond motifs is 4. The lowest BCUT2D eigenvalue weighted by molar-refractivity contribution is -0.192. The van der Waals surface area contributed by atoms with Gasteiger partial charge in [0.1, 0.15) is 35.5 Å². The molecular weight excluding hydrogens is 1010 g/mol. The summed E-state index contributed by atoms with van der Waals surface area (Å²) in [5.74, 6) is -2.06. The largest absolute Gasteiger partial charge is 0.462 e. The number of esters is 3. The van der Waals surface area contributed by atoms with Crippen molar-refractivity contribution < 1.29 is 42.2 Å². The highest BCUT2D eigenvalue weighted by molar-refractivity contribution is 8.00. The molecule has 12 atom stereocenters. The van der Waals surface area contributed by atoms with Crippen molar-refractivity contribution in [1.29, 1.82) is 0 Å². The zero-order chi connectivity index (χ0) is 54.5. The van der Waals surface area contributed by atoms with Crippen LogP contribution in [0.3, 0.4) is 0 Å². The van der Waals surface area contributed by atoms with Crippen LogP contribution in [0.4, 0.5) is 14.5 Å². The third kappa shape index (κ3) is 11.2. The number of thioether (sulfide) groups is 1. The van der Waals surface area contributed by atoms with Crippen molar-refractivity contribution in [2.75, 3.05) is 37.4 Å². The van der Waals surface area contributed by atoms with E-state index in [1.54, 1.807) is 11.8 Å². The molecule has 1 aromatic carbocycles. The highest BCUT2D eigenvalue weighted by atomic mass is 35.5. The number of aromatic nitrogens is 1. The van der Waals surface area contributed by atoms with E-state index in [9.17, 15) is 28.4 Å². The molecule has 0 radical (unpaired) electrons. The van der Waals surface area contributed by atoms with Crippen LogP contribution in [-0.2, 0) is 28.6 Å². The minimum atomic E-state index is -1.19. The first-order chi connectivity index (χ1) is 36.2. The molecule has 2 N–H and O–H groups in total. The number of halogens is 3. The Labute approximate surface area is 458 Å². The molecule has 4 saturated carbocycles. The van der Waals surface area contributed by atoms with E-state index in [4.69, 9.17) is 31.5 Å². The van der Waals surface area contributed by atoms with Crippen LogP contribution in [0.25, 0.3) is 10.9 Å². The first-order valence-electron chi connectivity index (χ1n) is 29.0. The molecule has 0 amide bonds. The second-order valence-corrected chi connectivity index (χ2v) is 27.0. The predicted molar refractivity (Wildman–Crippen MR) is 296 cm³/mol. The van der Waals surface area contributed by atoms with Crippen molar-refractivity contribution in [2.45, 2.75) is 217 Å². The smallest absolute Gasteiger partial charge is 0.343 e. The number of ketones is 1. The Kier molecular flexibility index (Phi) is 17.2. The summed E-state index contributed by atoms with van der Waals surface area (Å²) in [4.78, 5) is 73.6. The lowest BCUT2D eigenvalue weighted by Crippen LogP contribution is -2.59. The SMILES string of the molecule is C=C[C@@]1(C)C[C@H](OC(=O)CSC2CC3CCC(C2)N3C)[C@@](C)(CCCC)C2C(=O)CCC2(C)[C@H](C)[C@H]1OC(=O)CCCCCCCCCOC(=O)c1cn(C2C[C@@H]2F)c2c(Cl)c(N3C[C@@H](N)C4(CC4)C3)c(F)cc2c1=O. The molecule has 9 rings (SSSR count). The van der Waals surface area contributed by atoms with Crippen LogP contribution in [0.1, 0.15) is 186 Å². The molecule has 7 fully saturated rings. The van der Waals surface area contributed by atoms with Crippen molar-refractivity contribution in [2.24, 2.45) is 39.2 Å². The molecule has 7 aliphatic rings. The van der Waals surface area contributed by atoms with E-state index in [2.05, 4.69) is 53.1 Å². The lowest BCUT2D eigenvalue weighted by atomic mass is 9.50. The Morgan fingerprint density at radius 1 is 0.961 bits per heavy atom. The Morgan fingerprint density at radius 3 is 2.26 bits per heavy atom. The Morgan fingerprint density at radius 2 is 1.63 bits per heavy atom. The average Bonchev–Trinajstić information content (AvgIpc) is 4.28. The zero-order valence-corrected chi connectivity index (χ0v) is 47.7. The molecule has 3 saturated heterocycles. The van der Waals surface area contributed by atoms with Crippen LogP contribution in [0.15, 0.2) is 29.7 Å². The van der Waals surface area contributed by atoms with Crippen LogP contribution in [0.5, 0.6) is 0 Å². The fraction of sp³-hybridized carbons (Fsp3) is 0.750. The number of ether oxygens (including phenoxy) is 3. The minimum Gasteiger partial charge on any atom is -0.462 e. The van der Waals surface area contributed by atoms with E-state index in [1.807, 2.05) is 11.0 Å². The van der Waals surface area contributed by atoms with Gasteiger partial charge in [0.05, 0.1) is 40.0 Å². The molecule has 420 valence electrons. The monoisotopic (exact) mass is 1090 g/mol. The maximum atomic E-state index is 15.9. The summed E-state index contributed by atoms with van der Waals surface area (Å²) >= 11 is 8.61. The first-order valence-corrected chi connectivity index (χ1v) is 30.4. The van der Waals surface area contributed by atoms with Gasteiger partial charge in [-0.05, 0) is 89.2 Å². The van der Waals surface area contributed by atoms with Crippen molar-refractivity contribution in [3.63, 3.8) is 0 Å². The van der Waals surface area contributed by atoms with Gasteiger partial charge in [-0.15, -0.1) is 18.3 Å². The number of Topliss-reactive ketones (excluding diaryl/α,β-unsaturated/α-hetero) is 1. The van der Waals surface area contributed by atoms with E-state index in [1.165, 1.54) is 23.6 Å². The summed E-state index contributed by atoms with van der Waals surface area (Å²) in [6, 6.07) is 1.52. The van der Waals surface area contributed by atoms with Gasteiger partial charge in [0.15, 0.2) is 0 Å². The van der Waals surface area contributed by atoms with Crippen LogP contribution in [0.2, 0.25) is 5.02 Å². The van der Waals surface area contributed by atoms with Crippen LogP contribution >= 0.6 is 23.4 Å². The van der Waals surface area contributed by atoms with Gasteiger partial charge in [-0.1, -0.05) is 97.2 Å². The van der Waals surface area contributed by atoms with Crippen molar-refractivity contribution in [3.8, 4) is 0 Å². The first kappa shape index (κ1) is 57.2. The second kappa shape index (κ2) is 22.9. The van der Waals surface area contributed by atoms with Gasteiger partial charge < -0.3 is 34.3 Å². The summed E-state index contributed by atoms with van der Waals surface area (Å²) in [5.41, 5.74) is 3.90. The third-order valence-corrected chi connectivity index (χ3v) is 21.9. The molecule has 3 aliphatic heterocycles. The number of piperidine rings is 1. The summed E-state index contributed by atoms with van der Waals surface area (Å²) < 4.78 is 50.8. The molecule has 4 heterocycles. The summed E-state index contributed by atoms with van der Waals surface area (Å²) in [6.07, 6.45) is 17.6. The number of unbranched alkanes of at least 4 members (excludes halogenated alkanes) is 7. The molecule has 1 spiro atoms. The highest BCUT2D eigenvalue weighted by Gasteiger charge is 2.64. The summed E-state index contributed by atoms with van der Waals surface area (Å²) in [7, 11) is 2.23. The van der Waals surface area contributed by atoms with Crippen molar-refractivity contribution in [3.05, 3.63) is 51.5 Å². The quantitative estimate of drug-likeness (QED) is 0.0517. The average molecular weight is 1100 g/mol. The number of alkyl halides is 1. The Hall–Kier alpha value is -3.53. The zero-order valence-electron chi connectivity index (χ0n) is 46.1. The van der Waals surface area contributed by atoms with E-state index in [-0.39, 0.29) is 93.4 Å². The molecular formula is C60H85ClF2N4O8S. The summed E-state index contributed by atoms with van der Waals surface area (Å²) in [5, 5.41) is 0.351. The fourth-order valence-corrected chi connectivity index (χ4v) is 16.5. The Bertz CT molecular complexity index is 2580. The van der Waals surface area contributed by atoms with Crippen molar-refractivity contribution in [1.82, 2.24) is 9.47 Å². The normalized spacial score (nSPS) is 34.5. The van der Waals surface area contributed by atoms with Crippen LogP contribution in [-0.4, -0.2) is 107 Å². The van der Waals surface area contributed by atoms with Gasteiger partial charge >= 0.3 is 17.9 Å². The standard InChI is InChI=1S/C60H85ClF2N4O8S/c1-8-10-22-59(6)47(74-49(70)34-76-39-27-37-19-20-38(28-39)65(37)7)31-57(4,9-2)55(36(3)58(5)23-21-45(68)54(58)59)75-48(69)18-16-14-12-11-13-15-17-26-73-56(72)41-32-67(44-30-42(44)62)51-40(53(41)71)29-43(63)52(50(51)61)66-33-46(64)60(35-66)24-25-60/h9,29,32,36-39,42,44,46-47,54-55H,2,8,10-28,30-31,33-35,64H2,1,3-7H3/t36-,37?,38?,39?,42+,44?,46-,47+,54?,55-,57+,58?,59-/m1/s1. The Balaban J connectivity index is 0.756. The molecule has 16 heteroatoms. The number of hydrogen-bond donors (Lipinski definition) is 1. The number of anilines is 1. The number of nitrogens with zero attached hydrogens (tertiary/aromatic N) is 3. The number of rotatable bonds is 22. The molecule has 2 bridgehead atoms. The third-order valence-electron chi connectivity index (χ3n) is 20.2. The van der Waals surface area contributed by atoms with E-state index in [0.717, 1.165) is 83.1 Å². The highest BCUT2D eigenvalue weighted by Crippen LogP contribution is 2.63. The molecule has 12 nitrogen and oxygen atoms in total. The molecule has 76 heavy (non-hydrogen) atoms. The van der Waals surface area contributed by atoms with E-state index >= 15 is 4.39 Å². The molecule has 2 aromatic rings. The van der Waals surface area contributed by atoms with Crippen molar-refractivity contribution >= 4 is 63.6 Å². The fourth-order valence-electron chi connectivity index (χ4n) is 15.0. The van der Waals surface area contributed by atoms with E-state index < -0.39 is 57.9 Å². The predicted octanol–water partition coefficient (Wildman–Crippen LogP) is 11.9. The maximum absolute atomic E-state index is 15.9. The number of carbonyl (C=O) groups is 4. The maximum Gasteiger partial charge on any atom is 0.343 e. The summed E-state index contributed by atoms with van der Waals surface area (Å²) in [6.45, 7) is 16.1. The molecule has 1 aromatic heterocycles. The van der Waals surface area contributed by atoms with Crippen LogP contribution in [0, 0.1) is 39.3 Å². The number of carbonyl (C=O) groups excluding carboxylic acids is 4. The topological polar surface area (TPSA) is 150 Å². The van der Waals surface area contributed by atoms with Gasteiger partial charge in [-0.25, -0.2) is 13.6 Å². The molecule has 4 aliphatic carbocycles. The second-order valence-electron chi connectivity index (χ2n) is 25.3. The van der Waals surface area contributed by atoms with Gasteiger partial charge in [0.2, 0.25) is 5.43 Å². The van der Waals surface area contributed by atoms with Gasteiger partial charge in [0, 0.05) is 90.0 Å². The van der Waals surface area contributed by atoms with Gasteiger partial charge in [0.25, 0.3) is 0 Å². The van der Waals surface area contributed by atoms with Crippen LogP contribution < -0.4 is 16.1 Å². The molecule has 5 unspecified atom stereocenters. The number of hydrogen-bond acceptors (Lipinski definition) is 12. The van der Waals surface area contributed by atoms with Gasteiger partial charge in [-0.2, -0.15) is 0 Å². The minimum absolute atomic E-state index is 0.0156. The van der Waals surface area contributed by atoms with E-state index in [0.29, 0.717) is 62.5 Å². The number of pyridine rings is 1. The number of nitrogens with two attached hydrogens (primary N) is 1.